The molecule has 1 aromatic rings. The number of likely N-dealkylation sites (tertiary alicyclic amines) is 1. The summed E-state index contributed by atoms with van der Waals surface area (Å²) in [6, 6.07) is 7.02. The molecule has 3 heterocycles. The highest BCUT2D eigenvalue weighted by atomic mass is 16.5. The van der Waals surface area contributed by atoms with Gasteiger partial charge in [-0.05, 0) is 30.2 Å². The van der Waals surface area contributed by atoms with Gasteiger partial charge in [0.2, 0.25) is 5.91 Å². The third-order valence-corrected chi connectivity index (χ3v) is 5.86. The van der Waals surface area contributed by atoms with Crippen molar-refractivity contribution in [2.75, 3.05) is 20.3 Å². The second-order valence-corrected chi connectivity index (χ2v) is 7.43. The highest BCUT2D eigenvalue weighted by Gasteiger charge is 2.65. The number of benzene rings is 1. The van der Waals surface area contributed by atoms with Crippen LogP contribution in [0.1, 0.15) is 37.0 Å². The van der Waals surface area contributed by atoms with Crippen LogP contribution in [-0.2, 0) is 9.53 Å². The molecule has 3 aliphatic rings. The number of carbonyl (C=O) groups excluding carboxylic acids is 2. The van der Waals surface area contributed by atoms with Crippen molar-refractivity contribution in [3.05, 3.63) is 29.8 Å². The number of rotatable bonds is 3. The molecule has 0 N–H and O–H groups in total. The lowest BCUT2D eigenvalue weighted by Gasteiger charge is -2.34. The summed E-state index contributed by atoms with van der Waals surface area (Å²) in [5, 5.41) is 0. The SMILES string of the molecule is COc1ccc(C(=O)N2CC[C@@]34OC[C@@H](C(C)C)N3C(=O)C[C@@H]24)cc1. The van der Waals surface area contributed by atoms with Crippen molar-refractivity contribution in [1.82, 2.24) is 9.80 Å². The molecule has 4 rings (SSSR count). The standard InChI is InChI=1S/C19H24N2O4/c1-12(2)15-11-25-19-8-9-20(16(19)10-17(22)21(15)19)18(23)13-4-6-14(24-3)7-5-13/h4-7,12,15-16H,8-11H2,1-3H3/t15-,16+,19-/m0/s1. The molecular formula is C19H24N2O4. The van der Waals surface area contributed by atoms with Gasteiger partial charge < -0.3 is 19.3 Å². The number of methoxy groups -OCH3 is 1. The van der Waals surface area contributed by atoms with Gasteiger partial charge in [-0.1, -0.05) is 13.8 Å². The molecule has 3 fully saturated rings. The lowest BCUT2D eigenvalue weighted by Crippen LogP contribution is -2.51. The van der Waals surface area contributed by atoms with Gasteiger partial charge in [0, 0.05) is 18.5 Å². The smallest absolute Gasteiger partial charge is 0.254 e. The van der Waals surface area contributed by atoms with E-state index >= 15 is 0 Å². The van der Waals surface area contributed by atoms with E-state index in [1.54, 1.807) is 31.4 Å². The summed E-state index contributed by atoms with van der Waals surface area (Å²) < 4.78 is 11.3. The number of nitrogens with zero attached hydrogens (tertiary/aromatic N) is 2. The summed E-state index contributed by atoms with van der Waals surface area (Å²) >= 11 is 0. The zero-order valence-corrected chi connectivity index (χ0v) is 14.9. The van der Waals surface area contributed by atoms with E-state index in [0.29, 0.717) is 37.5 Å². The van der Waals surface area contributed by atoms with Crippen LogP contribution < -0.4 is 4.74 Å². The van der Waals surface area contributed by atoms with E-state index in [0.717, 1.165) is 5.75 Å². The Balaban J connectivity index is 1.60. The van der Waals surface area contributed by atoms with E-state index in [-0.39, 0.29) is 23.9 Å². The first-order valence-corrected chi connectivity index (χ1v) is 8.89. The fourth-order valence-electron chi connectivity index (χ4n) is 4.51. The monoisotopic (exact) mass is 344 g/mol. The van der Waals surface area contributed by atoms with E-state index in [4.69, 9.17) is 9.47 Å². The third kappa shape index (κ3) is 2.27. The predicted molar refractivity (Wildman–Crippen MR) is 91.2 cm³/mol. The van der Waals surface area contributed by atoms with Gasteiger partial charge in [0.05, 0.1) is 32.2 Å². The summed E-state index contributed by atoms with van der Waals surface area (Å²) in [7, 11) is 1.60. The molecule has 0 aliphatic carbocycles. The Morgan fingerprint density at radius 1 is 1.32 bits per heavy atom. The molecule has 6 nitrogen and oxygen atoms in total. The van der Waals surface area contributed by atoms with Crippen molar-refractivity contribution in [3.63, 3.8) is 0 Å². The summed E-state index contributed by atoms with van der Waals surface area (Å²) in [6.45, 7) is 5.40. The number of hydrogen-bond donors (Lipinski definition) is 0. The molecule has 0 unspecified atom stereocenters. The number of ether oxygens (including phenoxy) is 2. The first-order valence-electron chi connectivity index (χ1n) is 8.89. The number of carbonyl (C=O) groups is 2. The molecule has 2 amide bonds. The summed E-state index contributed by atoms with van der Waals surface area (Å²) in [5.41, 5.74) is -0.00381. The van der Waals surface area contributed by atoms with Gasteiger partial charge in [0.1, 0.15) is 5.75 Å². The molecule has 0 aromatic heterocycles. The lowest BCUT2D eigenvalue weighted by atomic mass is 10.0. The maximum atomic E-state index is 13.0. The van der Waals surface area contributed by atoms with Crippen LogP contribution in [0, 0.1) is 5.92 Å². The molecule has 1 aromatic carbocycles. The predicted octanol–water partition coefficient (Wildman–Crippen LogP) is 1.89. The first-order chi connectivity index (χ1) is 12.0. The molecule has 3 atom stereocenters. The average Bonchev–Trinajstić information content (AvgIpc) is 3.23. The highest BCUT2D eigenvalue weighted by Crippen LogP contribution is 2.49. The normalized spacial score (nSPS) is 30.8. The Morgan fingerprint density at radius 2 is 2.04 bits per heavy atom. The molecule has 0 radical (unpaired) electrons. The Bertz CT molecular complexity index is 702. The third-order valence-electron chi connectivity index (χ3n) is 5.86. The summed E-state index contributed by atoms with van der Waals surface area (Å²) in [5.74, 6) is 1.12. The molecular weight excluding hydrogens is 320 g/mol. The van der Waals surface area contributed by atoms with E-state index in [2.05, 4.69) is 13.8 Å². The maximum absolute atomic E-state index is 13.0. The van der Waals surface area contributed by atoms with Crippen molar-refractivity contribution >= 4 is 11.8 Å². The van der Waals surface area contributed by atoms with Gasteiger partial charge in [-0.25, -0.2) is 0 Å². The van der Waals surface area contributed by atoms with E-state index < -0.39 is 5.72 Å². The number of hydrogen-bond acceptors (Lipinski definition) is 4. The highest BCUT2D eigenvalue weighted by molar-refractivity contribution is 5.96. The largest absolute Gasteiger partial charge is 0.497 e. The van der Waals surface area contributed by atoms with Crippen molar-refractivity contribution in [2.45, 2.75) is 44.5 Å². The minimum atomic E-state index is -0.617. The fraction of sp³-hybridized carbons (Fsp3) is 0.579. The second kappa shape index (κ2) is 5.73. The zero-order valence-electron chi connectivity index (χ0n) is 14.9. The van der Waals surface area contributed by atoms with Crippen LogP contribution in [0.5, 0.6) is 5.75 Å². The minimum Gasteiger partial charge on any atom is -0.497 e. The molecule has 134 valence electrons. The van der Waals surface area contributed by atoms with Gasteiger partial charge in [-0.3, -0.25) is 9.59 Å². The summed E-state index contributed by atoms with van der Waals surface area (Å²) in [4.78, 5) is 29.4. The Morgan fingerprint density at radius 3 is 2.68 bits per heavy atom. The molecule has 0 saturated carbocycles. The Hall–Kier alpha value is -2.08. The van der Waals surface area contributed by atoms with Crippen molar-refractivity contribution in [2.24, 2.45) is 5.92 Å². The van der Waals surface area contributed by atoms with Crippen LogP contribution in [0.25, 0.3) is 0 Å². The fourth-order valence-corrected chi connectivity index (χ4v) is 4.51. The average molecular weight is 344 g/mol. The quantitative estimate of drug-likeness (QED) is 0.840. The van der Waals surface area contributed by atoms with Gasteiger partial charge in [-0.15, -0.1) is 0 Å². The Labute approximate surface area is 147 Å². The van der Waals surface area contributed by atoms with Crippen LogP contribution in [0.15, 0.2) is 24.3 Å². The van der Waals surface area contributed by atoms with Gasteiger partial charge in [0.25, 0.3) is 5.91 Å². The van der Waals surface area contributed by atoms with Gasteiger partial charge >= 0.3 is 0 Å². The second-order valence-electron chi connectivity index (χ2n) is 7.43. The maximum Gasteiger partial charge on any atom is 0.254 e. The summed E-state index contributed by atoms with van der Waals surface area (Å²) in [6.07, 6.45) is 1.04. The molecule has 3 aliphatic heterocycles. The van der Waals surface area contributed by atoms with E-state index in [1.807, 2.05) is 9.80 Å². The van der Waals surface area contributed by atoms with Crippen LogP contribution in [-0.4, -0.2) is 59.7 Å². The van der Waals surface area contributed by atoms with Crippen LogP contribution in [0.3, 0.4) is 0 Å². The van der Waals surface area contributed by atoms with Crippen LogP contribution in [0.2, 0.25) is 0 Å². The van der Waals surface area contributed by atoms with Crippen molar-refractivity contribution in [1.29, 1.82) is 0 Å². The van der Waals surface area contributed by atoms with Crippen LogP contribution in [0.4, 0.5) is 0 Å². The topological polar surface area (TPSA) is 59.1 Å². The van der Waals surface area contributed by atoms with Crippen LogP contribution >= 0.6 is 0 Å². The lowest BCUT2D eigenvalue weighted by molar-refractivity contribution is -0.139. The van der Waals surface area contributed by atoms with Gasteiger partial charge in [-0.2, -0.15) is 0 Å². The Kier molecular flexibility index (Phi) is 3.76. The molecule has 3 saturated heterocycles. The van der Waals surface area contributed by atoms with E-state index in [9.17, 15) is 9.59 Å². The molecule has 0 bridgehead atoms. The van der Waals surface area contributed by atoms with Crippen molar-refractivity contribution < 1.29 is 19.1 Å². The molecule has 25 heavy (non-hydrogen) atoms. The zero-order chi connectivity index (χ0) is 17.8. The van der Waals surface area contributed by atoms with E-state index in [1.165, 1.54) is 0 Å². The minimum absolute atomic E-state index is 0.0456. The molecule has 1 spiro atoms. The van der Waals surface area contributed by atoms with Crippen molar-refractivity contribution in [3.8, 4) is 5.75 Å². The molecule has 6 heteroatoms. The first kappa shape index (κ1) is 16.4. The van der Waals surface area contributed by atoms with Gasteiger partial charge in [0.15, 0.2) is 5.72 Å². The number of amides is 2.